The maximum absolute atomic E-state index is 11.8. The van der Waals surface area contributed by atoms with Crippen molar-refractivity contribution in [3.05, 3.63) is 18.3 Å². The van der Waals surface area contributed by atoms with Crippen LogP contribution >= 0.6 is 0 Å². The zero-order valence-electron chi connectivity index (χ0n) is 6.67. The number of hydrogen-bond acceptors (Lipinski definition) is 3. The monoisotopic (exact) mass is 203 g/mol. The first-order chi connectivity index (χ1) is 6.54. The van der Waals surface area contributed by atoms with Crippen molar-refractivity contribution in [3.63, 3.8) is 0 Å². The SMILES string of the molecule is FC(F)(F)Oc1nc2ncccc2[nH]1. The Balaban J connectivity index is 2.36. The minimum atomic E-state index is -4.74. The number of fused-ring (bicyclic) bond motifs is 1. The molecular formula is C7H4F3N3O. The van der Waals surface area contributed by atoms with Gasteiger partial charge in [0.15, 0.2) is 5.65 Å². The summed E-state index contributed by atoms with van der Waals surface area (Å²) in [5.74, 6) is 0. The fourth-order valence-electron chi connectivity index (χ4n) is 0.981. The molecule has 0 aliphatic rings. The zero-order valence-corrected chi connectivity index (χ0v) is 6.67. The maximum atomic E-state index is 11.8. The lowest BCUT2D eigenvalue weighted by atomic mass is 10.4. The average Bonchev–Trinajstić information content (AvgIpc) is 2.42. The van der Waals surface area contributed by atoms with E-state index in [1.807, 2.05) is 0 Å². The van der Waals surface area contributed by atoms with Crippen LogP contribution in [0.4, 0.5) is 13.2 Å². The number of rotatable bonds is 1. The molecule has 0 aromatic carbocycles. The van der Waals surface area contributed by atoms with E-state index in [2.05, 4.69) is 19.7 Å². The lowest BCUT2D eigenvalue weighted by molar-refractivity contribution is -0.277. The number of halogens is 3. The van der Waals surface area contributed by atoms with E-state index in [1.54, 1.807) is 12.1 Å². The Morgan fingerprint density at radius 2 is 2.14 bits per heavy atom. The summed E-state index contributed by atoms with van der Waals surface area (Å²) in [6.07, 6.45) is -3.31. The topological polar surface area (TPSA) is 50.8 Å². The molecule has 0 radical (unpaired) electrons. The van der Waals surface area contributed by atoms with Gasteiger partial charge in [-0.05, 0) is 12.1 Å². The highest BCUT2D eigenvalue weighted by Gasteiger charge is 2.32. The largest absolute Gasteiger partial charge is 0.575 e. The number of H-pyrrole nitrogens is 1. The molecule has 2 aromatic heterocycles. The molecule has 4 nitrogen and oxygen atoms in total. The summed E-state index contributed by atoms with van der Waals surface area (Å²) in [4.78, 5) is 9.57. The van der Waals surface area contributed by atoms with Crippen molar-refractivity contribution >= 4 is 11.2 Å². The molecule has 74 valence electrons. The van der Waals surface area contributed by atoms with Gasteiger partial charge in [-0.25, -0.2) is 4.98 Å². The van der Waals surface area contributed by atoms with Gasteiger partial charge in [-0.2, -0.15) is 4.98 Å². The lowest BCUT2D eigenvalue weighted by Gasteiger charge is -2.03. The average molecular weight is 203 g/mol. The fraction of sp³-hybridized carbons (Fsp3) is 0.143. The van der Waals surface area contributed by atoms with Gasteiger partial charge < -0.3 is 9.72 Å². The van der Waals surface area contributed by atoms with Crippen LogP contribution in [0, 0.1) is 0 Å². The van der Waals surface area contributed by atoms with Crippen molar-refractivity contribution < 1.29 is 17.9 Å². The van der Waals surface area contributed by atoms with Crippen LogP contribution in [-0.2, 0) is 0 Å². The van der Waals surface area contributed by atoms with Gasteiger partial charge >= 0.3 is 12.4 Å². The van der Waals surface area contributed by atoms with Crippen molar-refractivity contribution in [2.75, 3.05) is 0 Å². The van der Waals surface area contributed by atoms with E-state index in [0.717, 1.165) is 0 Å². The Morgan fingerprint density at radius 3 is 2.79 bits per heavy atom. The molecule has 0 spiro atoms. The number of pyridine rings is 1. The third kappa shape index (κ3) is 1.76. The normalized spacial score (nSPS) is 11.9. The summed E-state index contributed by atoms with van der Waals surface area (Å²) in [6.45, 7) is 0. The Morgan fingerprint density at radius 1 is 1.36 bits per heavy atom. The van der Waals surface area contributed by atoms with E-state index in [9.17, 15) is 13.2 Å². The van der Waals surface area contributed by atoms with Crippen molar-refractivity contribution in [2.45, 2.75) is 6.36 Å². The summed E-state index contributed by atoms with van der Waals surface area (Å²) >= 11 is 0. The molecule has 2 aromatic rings. The van der Waals surface area contributed by atoms with Crippen LogP contribution in [0.25, 0.3) is 11.2 Å². The number of aromatic amines is 1. The molecule has 0 unspecified atom stereocenters. The molecule has 0 saturated heterocycles. The fourth-order valence-corrected chi connectivity index (χ4v) is 0.981. The molecule has 0 aliphatic carbocycles. The zero-order chi connectivity index (χ0) is 10.2. The second-order valence-electron chi connectivity index (χ2n) is 2.46. The number of nitrogens with zero attached hydrogens (tertiary/aromatic N) is 2. The number of imidazole rings is 1. The van der Waals surface area contributed by atoms with Crippen molar-refractivity contribution in [2.24, 2.45) is 0 Å². The standard InChI is InChI=1S/C7H4F3N3O/c8-7(9,10)14-6-12-4-2-1-3-11-5(4)13-6/h1-3H,(H,11,12,13). The van der Waals surface area contributed by atoms with E-state index < -0.39 is 12.4 Å². The summed E-state index contributed by atoms with van der Waals surface area (Å²) < 4.78 is 38.9. The molecular weight excluding hydrogens is 199 g/mol. The molecule has 1 N–H and O–H groups in total. The highest BCUT2D eigenvalue weighted by Crippen LogP contribution is 2.21. The lowest BCUT2D eigenvalue weighted by Crippen LogP contribution is -2.17. The highest BCUT2D eigenvalue weighted by molar-refractivity contribution is 5.70. The molecule has 0 amide bonds. The van der Waals surface area contributed by atoms with Gasteiger partial charge in [0.2, 0.25) is 0 Å². The third-order valence-electron chi connectivity index (χ3n) is 1.45. The Bertz CT molecular complexity index is 418. The Labute approximate surface area is 75.7 Å². The summed E-state index contributed by atoms with van der Waals surface area (Å²) in [5, 5.41) is 0. The van der Waals surface area contributed by atoms with Gasteiger partial charge in [0.1, 0.15) is 0 Å². The van der Waals surface area contributed by atoms with Crippen LogP contribution in [-0.4, -0.2) is 21.3 Å². The van der Waals surface area contributed by atoms with Crippen LogP contribution in [0.2, 0.25) is 0 Å². The number of alkyl halides is 3. The predicted molar refractivity (Wildman–Crippen MR) is 40.6 cm³/mol. The van der Waals surface area contributed by atoms with Crippen LogP contribution in [0.1, 0.15) is 0 Å². The van der Waals surface area contributed by atoms with E-state index >= 15 is 0 Å². The number of hydrogen-bond donors (Lipinski definition) is 1. The molecule has 2 rings (SSSR count). The first kappa shape index (κ1) is 8.79. The smallest absolute Gasteiger partial charge is 0.372 e. The minimum Gasteiger partial charge on any atom is -0.372 e. The van der Waals surface area contributed by atoms with Crippen molar-refractivity contribution in [1.82, 2.24) is 15.0 Å². The minimum absolute atomic E-state index is 0.187. The molecule has 2 heterocycles. The third-order valence-corrected chi connectivity index (χ3v) is 1.45. The number of nitrogens with one attached hydrogen (secondary N) is 1. The van der Waals surface area contributed by atoms with E-state index in [4.69, 9.17) is 0 Å². The van der Waals surface area contributed by atoms with Crippen LogP contribution in [0.3, 0.4) is 0 Å². The molecule has 14 heavy (non-hydrogen) atoms. The summed E-state index contributed by atoms with van der Waals surface area (Å²) in [5.41, 5.74) is 0.582. The molecule has 0 saturated carbocycles. The van der Waals surface area contributed by atoms with Gasteiger partial charge in [0.05, 0.1) is 5.52 Å². The quantitative estimate of drug-likeness (QED) is 0.769. The summed E-state index contributed by atoms with van der Waals surface area (Å²) in [6, 6.07) is 2.53. The molecule has 0 aliphatic heterocycles. The van der Waals surface area contributed by atoms with E-state index in [-0.39, 0.29) is 5.65 Å². The van der Waals surface area contributed by atoms with E-state index in [1.165, 1.54) is 6.20 Å². The molecule has 0 fully saturated rings. The molecule has 0 atom stereocenters. The first-order valence-corrected chi connectivity index (χ1v) is 3.61. The van der Waals surface area contributed by atoms with Gasteiger partial charge in [-0.15, -0.1) is 13.2 Å². The molecule has 0 bridgehead atoms. The van der Waals surface area contributed by atoms with Gasteiger partial charge in [0.25, 0.3) is 0 Å². The Kier molecular flexibility index (Phi) is 1.80. The number of aromatic nitrogens is 3. The van der Waals surface area contributed by atoms with Gasteiger partial charge in [-0.1, -0.05) is 0 Å². The predicted octanol–water partition coefficient (Wildman–Crippen LogP) is 1.86. The number of ether oxygens (including phenoxy) is 1. The van der Waals surface area contributed by atoms with Crippen LogP contribution < -0.4 is 4.74 Å². The van der Waals surface area contributed by atoms with E-state index in [0.29, 0.717) is 5.52 Å². The van der Waals surface area contributed by atoms with Gasteiger partial charge in [-0.3, -0.25) is 0 Å². The highest BCUT2D eigenvalue weighted by atomic mass is 19.4. The second-order valence-corrected chi connectivity index (χ2v) is 2.46. The first-order valence-electron chi connectivity index (χ1n) is 3.61. The Hall–Kier alpha value is -1.79. The summed E-state index contributed by atoms with van der Waals surface area (Å²) in [7, 11) is 0. The van der Waals surface area contributed by atoms with Crippen LogP contribution in [0.5, 0.6) is 6.01 Å². The van der Waals surface area contributed by atoms with Crippen molar-refractivity contribution in [3.8, 4) is 6.01 Å². The van der Waals surface area contributed by atoms with Crippen molar-refractivity contribution in [1.29, 1.82) is 0 Å². The second kappa shape index (κ2) is 2.86. The maximum Gasteiger partial charge on any atom is 0.575 e. The molecule has 7 heteroatoms. The van der Waals surface area contributed by atoms with Gasteiger partial charge in [0, 0.05) is 6.20 Å². The van der Waals surface area contributed by atoms with Crippen LogP contribution in [0.15, 0.2) is 18.3 Å².